The molecule has 0 aliphatic carbocycles. The van der Waals surface area contributed by atoms with Crippen LogP contribution >= 0.6 is 11.6 Å². The van der Waals surface area contributed by atoms with Crippen molar-refractivity contribution in [3.8, 4) is 0 Å². The second kappa shape index (κ2) is 7.25. The van der Waals surface area contributed by atoms with E-state index in [2.05, 4.69) is 10.3 Å². The van der Waals surface area contributed by atoms with Gasteiger partial charge in [0.2, 0.25) is 5.91 Å². The van der Waals surface area contributed by atoms with Gasteiger partial charge in [0.05, 0.1) is 16.5 Å². The number of aromatic nitrogens is 1. The van der Waals surface area contributed by atoms with Crippen molar-refractivity contribution < 1.29 is 27.9 Å². The summed E-state index contributed by atoms with van der Waals surface area (Å²) in [5, 5.41) is 11.4. The van der Waals surface area contributed by atoms with E-state index in [4.69, 9.17) is 16.7 Å². The summed E-state index contributed by atoms with van der Waals surface area (Å²) in [5.41, 5.74) is -0.953. The Bertz CT molecular complexity index is 639. The molecule has 1 fully saturated rings. The lowest BCUT2D eigenvalue weighted by Crippen LogP contribution is -2.31. The maximum absolute atomic E-state index is 12.5. The molecule has 0 radical (unpaired) electrons. The van der Waals surface area contributed by atoms with Crippen LogP contribution in [0.15, 0.2) is 12.3 Å². The highest BCUT2D eigenvalue weighted by Gasteiger charge is 2.32. The van der Waals surface area contributed by atoms with E-state index in [1.807, 2.05) is 0 Å². The van der Waals surface area contributed by atoms with Gasteiger partial charge in [-0.1, -0.05) is 11.6 Å². The number of carboxylic acid groups (broad SMARTS) is 1. The van der Waals surface area contributed by atoms with Gasteiger partial charge < -0.3 is 15.3 Å². The average Bonchev–Trinajstić information content (AvgIpc) is 2.98. The molecule has 2 rings (SSSR count). The topological polar surface area (TPSA) is 82.5 Å². The number of nitrogens with one attached hydrogen (secondary N) is 1. The summed E-state index contributed by atoms with van der Waals surface area (Å²) in [6, 6.07) is 0.761. The number of likely N-dealkylation sites (tertiary alicyclic amines) is 1. The van der Waals surface area contributed by atoms with Crippen LogP contribution in [0, 0.1) is 5.92 Å². The molecule has 10 heteroatoms. The standard InChI is InChI=1S/C14H15ClF3N3O3/c15-10-5-9(14(16,17)18)6-20-12(10)19-3-1-11(22)21-4-2-8(7-21)13(23)24/h5-6,8H,1-4,7H2,(H,19,20)(H,23,24)/t8-/m1/s1. The van der Waals surface area contributed by atoms with Gasteiger partial charge in [-0.25, -0.2) is 4.98 Å². The Morgan fingerprint density at radius 1 is 1.46 bits per heavy atom. The van der Waals surface area contributed by atoms with E-state index in [1.54, 1.807) is 0 Å². The summed E-state index contributed by atoms with van der Waals surface area (Å²) < 4.78 is 37.5. The van der Waals surface area contributed by atoms with Gasteiger partial charge in [-0.3, -0.25) is 9.59 Å². The van der Waals surface area contributed by atoms with Crippen molar-refractivity contribution in [2.75, 3.05) is 25.0 Å². The molecule has 2 N–H and O–H groups in total. The smallest absolute Gasteiger partial charge is 0.417 e. The van der Waals surface area contributed by atoms with Crippen LogP contribution in [0.3, 0.4) is 0 Å². The Labute approximate surface area is 140 Å². The summed E-state index contributed by atoms with van der Waals surface area (Å²) in [5.74, 6) is -1.64. The zero-order valence-corrected chi connectivity index (χ0v) is 13.2. The molecule has 1 amide bonds. The van der Waals surface area contributed by atoms with Crippen molar-refractivity contribution in [3.05, 3.63) is 22.8 Å². The fourth-order valence-corrected chi connectivity index (χ4v) is 2.59. The number of pyridine rings is 1. The molecule has 2 heterocycles. The molecule has 1 aromatic rings. The first kappa shape index (κ1) is 18.3. The zero-order valence-electron chi connectivity index (χ0n) is 12.4. The molecular formula is C14H15ClF3N3O3. The monoisotopic (exact) mass is 365 g/mol. The Balaban J connectivity index is 1.84. The predicted octanol–water partition coefficient (Wildman–Crippen LogP) is 2.49. The number of aliphatic carboxylic acids is 1. The van der Waals surface area contributed by atoms with Crippen LogP contribution in [0.2, 0.25) is 5.02 Å². The van der Waals surface area contributed by atoms with Crippen LogP contribution in [0.1, 0.15) is 18.4 Å². The predicted molar refractivity (Wildman–Crippen MR) is 79.7 cm³/mol. The van der Waals surface area contributed by atoms with E-state index in [0.29, 0.717) is 19.2 Å². The van der Waals surface area contributed by atoms with E-state index in [-0.39, 0.29) is 36.3 Å². The Hall–Kier alpha value is -2.03. The van der Waals surface area contributed by atoms with E-state index < -0.39 is 23.6 Å². The van der Waals surface area contributed by atoms with E-state index >= 15 is 0 Å². The summed E-state index contributed by atoms with van der Waals surface area (Å²) >= 11 is 5.75. The number of hydrogen-bond acceptors (Lipinski definition) is 4. The molecule has 132 valence electrons. The number of anilines is 1. The van der Waals surface area contributed by atoms with Gasteiger partial charge in [0, 0.05) is 32.3 Å². The number of carboxylic acids is 1. The molecule has 0 bridgehead atoms. The van der Waals surface area contributed by atoms with Gasteiger partial charge in [0.1, 0.15) is 5.82 Å². The van der Waals surface area contributed by atoms with E-state index in [9.17, 15) is 22.8 Å². The molecular weight excluding hydrogens is 351 g/mol. The lowest BCUT2D eigenvalue weighted by Gasteiger charge is -2.16. The number of halogens is 4. The Kier molecular flexibility index (Phi) is 5.53. The molecule has 1 saturated heterocycles. The van der Waals surface area contributed by atoms with E-state index in [0.717, 1.165) is 6.07 Å². The zero-order chi connectivity index (χ0) is 17.9. The van der Waals surface area contributed by atoms with E-state index in [1.165, 1.54) is 4.90 Å². The third-order valence-corrected chi connectivity index (χ3v) is 3.98. The maximum Gasteiger partial charge on any atom is 0.417 e. The molecule has 0 saturated carbocycles. The van der Waals surface area contributed by atoms with Gasteiger partial charge in [0.25, 0.3) is 0 Å². The normalized spacial score (nSPS) is 17.8. The van der Waals surface area contributed by atoms with Gasteiger partial charge in [-0.2, -0.15) is 13.2 Å². The first-order valence-corrected chi connectivity index (χ1v) is 7.53. The number of rotatable bonds is 5. The number of carbonyl (C=O) groups is 2. The molecule has 6 nitrogen and oxygen atoms in total. The Morgan fingerprint density at radius 2 is 2.17 bits per heavy atom. The Morgan fingerprint density at radius 3 is 2.71 bits per heavy atom. The highest BCUT2D eigenvalue weighted by molar-refractivity contribution is 6.32. The second-order valence-corrected chi connectivity index (χ2v) is 5.80. The van der Waals surface area contributed by atoms with Crippen LogP contribution in [0.4, 0.5) is 19.0 Å². The van der Waals surface area contributed by atoms with Crippen LogP contribution in [-0.2, 0) is 15.8 Å². The summed E-state index contributed by atoms with van der Waals surface area (Å²) in [7, 11) is 0. The first-order valence-electron chi connectivity index (χ1n) is 7.15. The van der Waals surface area contributed by atoms with Crippen molar-refractivity contribution in [2.24, 2.45) is 5.92 Å². The van der Waals surface area contributed by atoms with Crippen molar-refractivity contribution >= 4 is 29.3 Å². The number of amides is 1. The third kappa shape index (κ3) is 4.50. The second-order valence-electron chi connectivity index (χ2n) is 5.39. The lowest BCUT2D eigenvalue weighted by atomic mass is 10.1. The largest absolute Gasteiger partial charge is 0.481 e. The van der Waals surface area contributed by atoms with Crippen LogP contribution < -0.4 is 5.32 Å². The lowest BCUT2D eigenvalue weighted by molar-refractivity contribution is -0.141. The van der Waals surface area contributed by atoms with Crippen molar-refractivity contribution in [3.63, 3.8) is 0 Å². The maximum atomic E-state index is 12.5. The minimum Gasteiger partial charge on any atom is -0.481 e. The number of alkyl halides is 3. The van der Waals surface area contributed by atoms with Gasteiger partial charge in [-0.15, -0.1) is 0 Å². The molecule has 24 heavy (non-hydrogen) atoms. The molecule has 1 aromatic heterocycles. The number of carbonyl (C=O) groups excluding carboxylic acids is 1. The summed E-state index contributed by atoms with van der Waals surface area (Å²) in [6.45, 7) is 0.688. The summed E-state index contributed by atoms with van der Waals surface area (Å²) in [4.78, 5) is 27.9. The first-order chi connectivity index (χ1) is 11.2. The van der Waals surface area contributed by atoms with Crippen LogP contribution in [-0.4, -0.2) is 46.5 Å². The molecule has 1 aliphatic rings. The fourth-order valence-electron chi connectivity index (χ4n) is 2.36. The van der Waals surface area contributed by atoms with Crippen molar-refractivity contribution in [1.29, 1.82) is 0 Å². The van der Waals surface area contributed by atoms with Gasteiger partial charge >= 0.3 is 12.1 Å². The number of hydrogen-bond donors (Lipinski definition) is 2. The highest BCUT2D eigenvalue weighted by atomic mass is 35.5. The average molecular weight is 366 g/mol. The van der Waals surface area contributed by atoms with Crippen molar-refractivity contribution in [1.82, 2.24) is 9.88 Å². The molecule has 0 spiro atoms. The quantitative estimate of drug-likeness (QED) is 0.837. The molecule has 0 unspecified atom stereocenters. The minimum atomic E-state index is -4.53. The summed E-state index contributed by atoms with van der Waals surface area (Å²) in [6.07, 6.45) is -3.39. The van der Waals surface area contributed by atoms with Gasteiger partial charge in [-0.05, 0) is 12.5 Å². The van der Waals surface area contributed by atoms with Gasteiger partial charge in [0.15, 0.2) is 0 Å². The molecule has 1 aliphatic heterocycles. The minimum absolute atomic E-state index is 0.0577. The van der Waals surface area contributed by atoms with Crippen LogP contribution in [0.25, 0.3) is 0 Å². The molecule has 0 aromatic carbocycles. The molecule has 1 atom stereocenters. The fraction of sp³-hybridized carbons (Fsp3) is 0.500. The van der Waals surface area contributed by atoms with Crippen molar-refractivity contribution in [2.45, 2.75) is 19.0 Å². The SMILES string of the molecule is O=C(O)[C@@H]1CCN(C(=O)CCNc2ncc(C(F)(F)F)cc2Cl)C1. The van der Waals surface area contributed by atoms with Crippen LogP contribution in [0.5, 0.6) is 0 Å². The highest BCUT2D eigenvalue weighted by Crippen LogP contribution is 2.32. The number of nitrogens with zero attached hydrogens (tertiary/aromatic N) is 2. The third-order valence-electron chi connectivity index (χ3n) is 3.69.